The van der Waals surface area contributed by atoms with Gasteiger partial charge in [0.15, 0.2) is 0 Å². The van der Waals surface area contributed by atoms with E-state index in [4.69, 9.17) is 18.0 Å². The van der Waals surface area contributed by atoms with Crippen molar-refractivity contribution in [2.45, 2.75) is 12.2 Å². The van der Waals surface area contributed by atoms with Gasteiger partial charge >= 0.3 is 0 Å². The van der Waals surface area contributed by atoms with Crippen LogP contribution >= 0.6 is 35.3 Å². The van der Waals surface area contributed by atoms with Crippen LogP contribution in [0.4, 0.5) is 5.82 Å². The lowest BCUT2D eigenvalue weighted by Crippen LogP contribution is -2.16. The number of aromatic amines is 1. The second kappa shape index (κ2) is 5.55. The van der Waals surface area contributed by atoms with Crippen LogP contribution in [0.25, 0.3) is 0 Å². The van der Waals surface area contributed by atoms with Gasteiger partial charge in [-0.3, -0.25) is 9.89 Å². The number of aryl methyl sites for hydroxylation is 1. The lowest BCUT2D eigenvalue weighted by Gasteiger charge is -2.08. The summed E-state index contributed by atoms with van der Waals surface area (Å²) in [5, 5.41) is 9.33. The van der Waals surface area contributed by atoms with Crippen molar-refractivity contribution >= 4 is 52.0 Å². The molecule has 0 unspecified atom stereocenters. The Hall–Kier alpha value is -1.38. The van der Waals surface area contributed by atoms with E-state index in [1.807, 2.05) is 17.8 Å². The number of thiocarbonyl (C=S) groups is 1. The Balaban J connectivity index is 1.81. The van der Waals surface area contributed by atoms with Gasteiger partial charge in [-0.2, -0.15) is 16.9 Å². The van der Waals surface area contributed by atoms with Gasteiger partial charge in [-0.05, 0) is 23.8 Å². The summed E-state index contributed by atoms with van der Waals surface area (Å²) < 4.78 is 0. The molecule has 1 amide bonds. The number of fused-ring (bicyclic) bond motifs is 1. The lowest BCUT2D eigenvalue weighted by molar-refractivity contribution is 0.103. The Morgan fingerprint density at radius 3 is 3.15 bits per heavy atom. The average molecular weight is 324 g/mol. The fourth-order valence-electron chi connectivity index (χ4n) is 2.00. The average Bonchev–Trinajstić information content (AvgIpc) is 3.03. The maximum absolute atomic E-state index is 12.3. The second-order valence-electron chi connectivity index (χ2n) is 4.34. The van der Waals surface area contributed by atoms with Crippen LogP contribution < -0.4 is 11.1 Å². The first-order valence-electron chi connectivity index (χ1n) is 5.99. The van der Waals surface area contributed by atoms with E-state index in [1.165, 1.54) is 16.6 Å². The Labute approximate surface area is 129 Å². The first-order chi connectivity index (χ1) is 9.65. The molecule has 0 saturated carbocycles. The van der Waals surface area contributed by atoms with Crippen molar-refractivity contribution in [2.24, 2.45) is 5.73 Å². The molecule has 0 aliphatic carbocycles. The predicted molar refractivity (Wildman–Crippen MR) is 86.6 cm³/mol. The third-order valence-corrected chi connectivity index (χ3v) is 5.46. The van der Waals surface area contributed by atoms with Crippen molar-refractivity contribution in [1.82, 2.24) is 10.2 Å². The minimum atomic E-state index is -0.156. The summed E-state index contributed by atoms with van der Waals surface area (Å²) in [6, 6.07) is 1.97. The molecule has 0 saturated heterocycles. The number of hydrogen-bond donors (Lipinski definition) is 3. The molecule has 4 N–H and O–H groups in total. The number of nitrogens with two attached hydrogens (primary N) is 1. The number of rotatable bonds is 3. The Kier molecular flexibility index (Phi) is 3.77. The summed E-state index contributed by atoms with van der Waals surface area (Å²) in [5.41, 5.74) is 7.39. The van der Waals surface area contributed by atoms with E-state index in [2.05, 4.69) is 15.5 Å². The monoisotopic (exact) mass is 324 g/mol. The highest BCUT2D eigenvalue weighted by molar-refractivity contribution is 7.98. The van der Waals surface area contributed by atoms with Crippen molar-refractivity contribution in [3.63, 3.8) is 0 Å². The second-order valence-corrected chi connectivity index (χ2v) is 7.02. The molecule has 3 rings (SSSR count). The number of nitrogens with one attached hydrogen (secondary N) is 2. The third kappa shape index (κ3) is 2.58. The molecule has 0 atom stereocenters. The number of nitrogens with zero attached hydrogens (tertiary/aromatic N) is 1. The van der Waals surface area contributed by atoms with Gasteiger partial charge in [0, 0.05) is 10.6 Å². The summed E-state index contributed by atoms with van der Waals surface area (Å²) in [5.74, 6) is 2.40. The fraction of sp³-hybridized carbons (Fsp3) is 0.250. The van der Waals surface area contributed by atoms with Gasteiger partial charge in [-0.1, -0.05) is 12.2 Å². The molecule has 0 aromatic carbocycles. The maximum atomic E-state index is 12.3. The Morgan fingerprint density at radius 1 is 1.55 bits per heavy atom. The number of carbonyl (C=O) groups excluding carboxylic acids is 1. The van der Waals surface area contributed by atoms with Crippen molar-refractivity contribution in [1.29, 1.82) is 0 Å². The molecule has 0 fully saturated rings. The minimum Gasteiger partial charge on any atom is -0.389 e. The van der Waals surface area contributed by atoms with Crippen LogP contribution in [0.3, 0.4) is 0 Å². The topological polar surface area (TPSA) is 83.8 Å². The predicted octanol–water partition coefficient (Wildman–Crippen LogP) is 2.15. The van der Waals surface area contributed by atoms with E-state index in [1.54, 1.807) is 11.3 Å². The molecule has 104 valence electrons. The molecule has 2 aromatic rings. The van der Waals surface area contributed by atoms with Gasteiger partial charge < -0.3 is 11.1 Å². The molecule has 8 heteroatoms. The molecular formula is C12H12N4OS3. The molecule has 1 aliphatic heterocycles. The minimum absolute atomic E-state index is 0.156. The van der Waals surface area contributed by atoms with E-state index in [9.17, 15) is 4.79 Å². The molecule has 0 spiro atoms. The fourth-order valence-corrected chi connectivity index (χ4v) is 4.42. The van der Waals surface area contributed by atoms with Gasteiger partial charge in [0.1, 0.15) is 10.8 Å². The zero-order valence-electron chi connectivity index (χ0n) is 10.4. The summed E-state index contributed by atoms with van der Waals surface area (Å²) in [6.45, 7) is 0. The largest absolute Gasteiger partial charge is 0.389 e. The third-order valence-electron chi connectivity index (χ3n) is 2.99. The molecule has 0 bridgehead atoms. The van der Waals surface area contributed by atoms with Crippen LogP contribution in [-0.4, -0.2) is 26.8 Å². The number of H-pyrrole nitrogens is 1. The SMILES string of the molecule is NC(=S)c1cn[nH]c1NC(=O)c1cc2c(s1)CCSC2. The first-order valence-corrected chi connectivity index (χ1v) is 8.37. The van der Waals surface area contributed by atoms with E-state index in [0.29, 0.717) is 16.3 Å². The van der Waals surface area contributed by atoms with Crippen LogP contribution in [0.5, 0.6) is 0 Å². The number of carbonyl (C=O) groups is 1. The Bertz CT molecular complexity index is 653. The molecule has 0 radical (unpaired) electrons. The van der Waals surface area contributed by atoms with Crippen molar-refractivity contribution in [2.75, 3.05) is 11.1 Å². The highest BCUT2D eigenvalue weighted by atomic mass is 32.2. The molecule has 3 heterocycles. The first kappa shape index (κ1) is 13.6. The number of anilines is 1. The van der Waals surface area contributed by atoms with Gasteiger partial charge in [0.05, 0.1) is 16.6 Å². The zero-order chi connectivity index (χ0) is 14.1. The maximum Gasteiger partial charge on any atom is 0.266 e. The van der Waals surface area contributed by atoms with Crippen LogP contribution in [0.1, 0.15) is 25.7 Å². The highest BCUT2D eigenvalue weighted by Crippen LogP contribution is 2.32. The quantitative estimate of drug-likeness (QED) is 0.754. The van der Waals surface area contributed by atoms with Crippen LogP contribution in [0, 0.1) is 0 Å². The molecule has 2 aromatic heterocycles. The van der Waals surface area contributed by atoms with E-state index >= 15 is 0 Å². The van der Waals surface area contributed by atoms with Gasteiger partial charge in [-0.15, -0.1) is 11.3 Å². The van der Waals surface area contributed by atoms with Gasteiger partial charge in [0.2, 0.25) is 0 Å². The summed E-state index contributed by atoms with van der Waals surface area (Å²) >= 11 is 8.37. The van der Waals surface area contributed by atoms with Crippen molar-refractivity contribution < 1.29 is 4.79 Å². The summed E-state index contributed by atoms with van der Waals surface area (Å²) in [6.07, 6.45) is 2.55. The van der Waals surface area contributed by atoms with Gasteiger partial charge in [0.25, 0.3) is 5.91 Å². The molecule has 5 nitrogen and oxygen atoms in total. The summed E-state index contributed by atoms with van der Waals surface area (Å²) in [7, 11) is 0. The van der Waals surface area contributed by atoms with Crippen LogP contribution in [0.2, 0.25) is 0 Å². The smallest absolute Gasteiger partial charge is 0.266 e. The standard InChI is InChI=1S/C12H12N4OS3/c13-10(18)7-4-14-16-11(7)15-12(17)9-3-6-5-19-2-1-8(6)20-9/h3-4H,1-2,5H2,(H2,13,18)(H2,14,15,16,17). The lowest BCUT2D eigenvalue weighted by atomic mass is 10.2. The molecule has 1 aliphatic rings. The number of amides is 1. The summed E-state index contributed by atoms with van der Waals surface area (Å²) in [4.78, 5) is 14.5. The van der Waals surface area contributed by atoms with E-state index < -0.39 is 0 Å². The number of thiophene rings is 1. The van der Waals surface area contributed by atoms with Crippen LogP contribution in [-0.2, 0) is 12.2 Å². The molecular weight excluding hydrogens is 312 g/mol. The van der Waals surface area contributed by atoms with E-state index in [0.717, 1.165) is 17.9 Å². The number of aromatic nitrogens is 2. The van der Waals surface area contributed by atoms with E-state index in [-0.39, 0.29) is 10.9 Å². The Morgan fingerprint density at radius 2 is 2.40 bits per heavy atom. The van der Waals surface area contributed by atoms with Crippen molar-refractivity contribution in [3.05, 3.63) is 33.1 Å². The van der Waals surface area contributed by atoms with Crippen molar-refractivity contribution in [3.8, 4) is 0 Å². The number of hydrogen-bond acceptors (Lipinski definition) is 5. The highest BCUT2D eigenvalue weighted by Gasteiger charge is 2.19. The zero-order valence-corrected chi connectivity index (χ0v) is 12.9. The van der Waals surface area contributed by atoms with Gasteiger partial charge in [-0.25, -0.2) is 0 Å². The normalized spacial score (nSPS) is 13.8. The van der Waals surface area contributed by atoms with Crippen LogP contribution in [0.15, 0.2) is 12.3 Å². The number of thioether (sulfide) groups is 1. The molecule has 20 heavy (non-hydrogen) atoms.